The van der Waals surface area contributed by atoms with E-state index in [0.29, 0.717) is 0 Å². The molecule has 0 N–H and O–H groups in total. The number of hydrogen-bond donors (Lipinski definition) is 0. The number of hydrogen-bond acceptors (Lipinski definition) is 1. The van der Waals surface area contributed by atoms with Gasteiger partial charge in [0, 0.05) is 16.8 Å². The highest BCUT2D eigenvalue weighted by Gasteiger charge is 2.22. The van der Waals surface area contributed by atoms with Crippen LogP contribution in [0.25, 0.3) is 99.7 Å². The van der Waals surface area contributed by atoms with Gasteiger partial charge in [0.05, 0.1) is 5.69 Å². The summed E-state index contributed by atoms with van der Waals surface area (Å²) in [6.45, 7) is 0. The first-order valence-electron chi connectivity index (χ1n) is 24.1. The second-order valence-corrected chi connectivity index (χ2v) is 18.9. The molecule has 312 valence electrons. The van der Waals surface area contributed by atoms with E-state index in [0.717, 1.165) is 11.4 Å². The molecule has 0 radical (unpaired) electrons. The lowest BCUT2D eigenvalue weighted by Crippen LogP contribution is -2.10. The molecule has 0 spiro atoms. The fourth-order valence-electron chi connectivity index (χ4n) is 11.8. The van der Waals surface area contributed by atoms with Gasteiger partial charge in [-0.1, -0.05) is 182 Å². The maximum absolute atomic E-state index is 2.47. The van der Waals surface area contributed by atoms with Gasteiger partial charge >= 0.3 is 0 Å². The summed E-state index contributed by atoms with van der Waals surface area (Å²) in [5.74, 6) is 0. The lowest BCUT2D eigenvalue weighted by Gasteiger charge is -2.28. The van der Waals surface area contributed by atoms with Crippen molar-refractivity contribution in [2.45, 2.75) is 64.2 Å². The van der Waals surface area contributed by atoms with Crippen LogP contribution in [-0.2, 0) is 0 Å². The normalized spacial score (nSPS) is 15.0. The molecule has 0 heterocycles. The van der Waals surface area contributed by atoms with E-state index >= 15 is 0 Å². The molecule has 0 amide bonds. The number of allylic oxidation sites excluding steroid dienone is 2. The standard InChI is InChI=1S/C64H51N/c1-3-10-44(11-4-1)40-46-24-22-42(23-25-46)20-21-43-26-30-49(31-27-43)65(50-32-28-47(29-33-50)41-45-12-5-2-6-13-45)60-39-38-54-58-37-35-56-52-17-8-15-48-14-7-16-51(61(48)52)55-34-36-57(64(58)63(55)56)53-18-9-19-59(60)62(53)54/h7-9,14-41H,1-6,10-13H2. The zero-order chi connectivity index (χ0) is 42.8. The van der Waals surface area contributed by atoms with E-state index in [1.165, 1.54) is 168 Å². The van der Waals surface area contributed by atoms with Crippen LogP contribution in [0.5, 0.6) is 0 Å². The number of anilines is 3. The van der Waals surface area contributed by atoms with Gasteiger partial charge in [-0.25, -0.2) is 0 Å². The average molecular weight is 834 g/mol. The molecule has 2 fully saturated rings. The third-order valence-electron chi connectivity index (χ3n) is 14.9. The van der Waals surface area contributed by atoms with Crippen LogP contribution in [0.2, 0.25) is 0 Å². The highest BCUT2D eigenvalue weighted by Crippen LogP contribution is 2.49. The van der Waals surface area contributed by atoms with Crippen LogP contribution in [0.1, 0.15) is 86.5 Å². The number of nitrogens with zero attached hydrogens (tertiary/aromatic N) is 1. The molecule has 0 unspecified atom stereocenters. The SMILES string of the molecule is C(=Cc1ccc(N(c2ccc(C=C3CCCCC3)cc2)c2ccc3c4ccc5c6cccc7cccc(c8ccc(c9cccc2c93)c4c85)c76)cc1)c1ccc(C=C2CCCCC2)cc1. The van der Waals surface area contributed by atoms with E-state index in [9.17, 15) is 0 Å². The molecule has 13 rings (SSSR count). The Hall–Kier alpha value is -7.22. The van der Waals surface area contributed by atoms with Crippen molar-refractivity contribution < 1.29 is 0 Å². The third kappa shape index (κ3) is 6.59. The zero-order valence-electron chi connectivity index (χ0n) is 36.9. The minimum absolute atomic E-state index is 1.14. The Morgan fingerprint density at radius 2 is 0.662 bits per heavy atom. The molecule has 0 atom stereocenters. The molecule has 11 aromatic carbocycles. The largest absolute Gasteiger partial charge is 0.310 e. The van der Waals surface area contributed by atoms with E-state index in [1.807, 2.05) is 0 Å². The van der Waals surface area contributed by atoms with Crippen molar-refractivity contribution in [2.75, 3.05) is 4.90 Å². The lowest BCUT2D eigenvalue weighted by atomic mass is 9.84. The van der Waals surface area contributed by atoms with Gasteiger partial charge < -0.3 is 4.90 Å². The lowest BCUT2D eigenvalue weighted by molar-refractivity contribution is 0.602. The zero-order valence-corrected chi connectivity index (χ0v) is 36.9. The van der Waals surface area contributed by atoms with Crippen molar-refractivity contribution in [3.05, 3.63) is 197 Å². The second kappa shape index (κ2) is 15.8. The quantitative estimate of drug-likeness (QED) is 0.0878. The van der Waals surface area contributed by atoms with E-state index in [1.54, 1.807) is 11.1 Å². The monoisotopic (exact) mass is 833 g/mol. The highest BCUT2D eigenvalue weighted by molar-refractivity contribution is 6.42. The summed E-state index contributed by atoms with van der Waals surface area (Å²) >= 11 is 0. The van der Waals surface area contributed by atoms with Crippen molar-refractivity contribution >= 4 is 117 Å². The van der Waals surface area contributed by atoms with E-state index in [4.69, 9.17) is 0 Å². The van der Waals surface area contributed by atoms with Gasteiger partial charge in [0.2, 0.25) is 0 Å². The van der Waals surface area contributed by atoms with Crippen LogP contribution in [0.4, 0.5) is 17.1 Å². The first-order valence-corrected chi connectivity index (χ1v) is 24.1. The van der Waals surface area contributed by atoms with Gasteiger partial charge in [-0.15, -0.1) is 0 Å². The number of benzene rings is 11. The predicted octanol–water partition coefficient (Wildman–Crippen LogP) is 19.0. The number of rotatable bonds is 7. The van der Waals surface area contributed by atoms with Crippen molar-refractivity contribution in [3.63, 3.8) is 0 Å². The van der Waals surface area contributed by atoms with E-state index in [-0.39, 0.29) is 0 Å². The van der Waals surface area contributed by atoms with Crippen LogP contribution in [0.15, 0.2) is 175 Å². The minimum atomic E-state index is 1.14. The van der Waals surface area contributed by atoms with Crippen molar-refractivity contribution in [2.24, 2.45) is 0 Å². The predicted molar refractivity (Wildman–Crippen MR) is 284 cm³/mol. The summed E-state index contributed by atoms with van der Waals surface area (Å²) in [4.78, 5) is 2.47. The molecule has 1 nitrogen and oxygen atoms in total. The summed E-state index contributed by atoms with van der Waals surface area (Å²) in [7, 11) is 0. The topological polar surface area (TPSA) is 3.24 Å². The highest BCUT2D eigenvalue weighted by atomic mass is 15.1. The maximum atomic E-state index is 2.47. The van der Waals surface area contributed by atoms with Gasteiger partial charge in [0.25, 0.3) is 0 Å². The van der Waals surface area contributed by atoms with Crippen molar-refractivity contribution in [3.8, 4) is 0 Å². The van der Waals surface area contributed by atoms with Crippen LogP contribution in [0, 0.1) is 0 Å². The van der Waals surface area contributed by atoms with Gasteiger partial charge in [0.1, 0.15) is 0 Å². The van der Waals surface area contributed by atoms with Crippen molar-refractivity contribution in [1.29, 1.82) is 0 Å². The van der Waals surface area contributed by atoms with Crippen LogP contribution < -0.4 is 4.90 Å². The molecule has 2 aliphatic rings. The molecule has 0 aromatic heterocycles. The Morgan fingerprint density at radius 1 is 0.292 bits per heavy atom. The number of fused-ring (bicyclic) bond motifs is 4. The van der Waals surface area contributed by atoms with Gasteiger partial charge in [-0.3, -0.25) is 0 Å². The summed E-state index contributed by atoms with van der Waals surface area (Å²) < 4.78 is 0. The maximum Gasteiger partial charge on any atom is 0.0540 e. The molecular formula is C64H51N. The smallest absolute Gasteiger partial charge is 0.0540 e. The minimum Gasteiger partial charge on any atom is -0.310 e. The molecule has 11 aromatic rings. The molecule has 1 heteroatoms. The molecule has 0 aliphatic heterocycles. The Kier molecular flexibility index (Phi) is 9.29. The first kappa shape index (κ1) is 38.3. The first-order chi connectivity index (χ1) is 32.2. The molecule has 2 saturated carbocycles. The Balaban J connectivity index is 0.929. The second-order valence-electron chi connectivity index (χ2n) is 18.9. The molecule has 65 heavy (non-hydrogen) atoms. The summed E-state index contributed by atoms with van der Waals surface area (Å²) in [6, 6.07) is 62.3. The van der Waals surface area contributed by atoms with Gasteiger partial charge in [-0.2, -0.15) is 0 Å². The molecule has 0 bridgehead atoms. The van der Waals surface area contributed by atoms with Crippen LogP contribution >= 0.6 is 0 Å². The fourth-order valence-corrected chi connectivity index (χ4v) is 11.8. The molecular weight excluding hydrogens is 783 g/mol. The summed E-state index contributed by atoms with van der Waals surface area (Å²) in [6.07, 6.45) is 22.3. The molecule has 2 aliphatic carbocycles. The van der Waals surface area contributed by atoms with Gasteiger partial charge in [-0.05, 0) is 174 Å². The van der Waals surface area contributed by atoms with E-state index in [2.05, 4.69) is 193 Å². The Morgan fingerprint density at radius 3 is 1.17 bits per heavy atom. The Bertz CT molecular complexity index is 3560. The summed E-state index contributed by atoms with van der Waals surface area (Å²) in [5, 5.41) is 18.6. The van der Waals surface area contributed by atoms with Crippen LogP contribution in [-0.4, -0.2) is 0 Å². The summed E-state index contributed by atoms with van der Waals surface area (Å²) in [5.41, 5.74) is 11.7. The van der Waals surface area contributed by atoms with Gasteiger partial charge in [0.15, 0.2) is 0 Å². The fraction of sp³-hybridized carbons (Fsp3) is 0.156. The third-order valence-corrected chi connectivity index (χ3v) is 14.9. The van der Waals surface area contributed by atoms with E-state index < -0.39 is 0 Å². The van der Waals surface area contributed by atoms with Crippen LogP contribution in [0.3, 0.4) is 0 Å². The molecule has 0 saturated heterocycles. The van der Waals surface area contributed by atoms with Crippen molar-refractivity contribution in [1.82, 2.24) is 0 Å². The average Bonchev–Trinajstić information content (AvgIpc) is 3.36. The Labute approximate surface area is 381 Å².